The highest BCUT2D eigenvalue weighted by Crippen LogP contribution is 2.35. The Morgan fingerprint density at radius 3 is 2.48 bits per heavy atom. The first-order chi connectivity index (χ1) is 13.0. The molecule has 0 atom stereocenters. The minimum Gasteiger partial charge on any atom is -0.495 e. The summed E-state index contributed by atoms with van der Waals surface area (Å²) in [5.74, 6) is 1.34. The number of rotatable bonds is 5. The fourth-order valence-electron chi connectivity index (χ4n) is 3.13. The number of hydrogen-bond donors (Lipinski definition) is 0. The van der Waals surface area contributed by atoms with Gasteiger partial charge in [0.1, 0.15) is 21.7 Å². The number of thiazole rings is 1. The molecular formula is C21H24N2O3S. The van der Waals surface area contributed by atoms with Gasteiger partial charge in [0.05, 0.1) is 20.6 Å². The molecular weight excluding hydrogens is 360 g/mol. The van der Waals surface area contributed by atoms with Gasteiger partial charge in [-0.05, 0) is 44.0 Å². The van der Waals surface area contributed by atoms with Crippen LogP contribution in [0.2, 0.25) is 0 Å². The van der Waals surface area contributed by atoms with E-state index in [1.54, 1.807) is 14.2 Å². The first-order valence-electron chi connectivity index (χ1n) is 8.86. The summed E-state index contributed by atoms with van der Waals surface area (Å²) in [5, 5.41) is 0. The second kappa shape index (κ2) is 7.96. The number of aryl methyl sites for hydroxylation is 3. The normalized spacial score (nSPS) is 11.8. The molecule has 6 heteroatoms. The number of carbonyl (C=O) groups is 1. The number of amides is 1. The van der Waals surface area contributed by atoms with Gasteiger partial charge in [-0.15, -0.1) is 0 Å². The van der Waals surface area contributed by atoms with Gasteiger partial charge in [0, 0.05) is 6.54 Å². The Hall–Kier alpha value is -2.60. The topological polar surface area (TPSA) is 52.8 Å². The summed E-state index contributed by atoms with van der Waals surface area (Å²) in [6.07, 6.45) is 0.291. The van der Waals surface area contributed by atoms with Gasteiger partial charge in [-0.2, -0.15) is 4.99 Å². The van der Waals surface area contributed by atoms with Gasteiger partial charge in [-0.1, -0.05) is 35.1 Å². The molecule has 142 valence electrons. The maximum Gasteiger partial charge on any atom is 0.252 e. The van der Waals surface area contributed by atoms with Crippen molar-refractivity contribution >= 4 is 27.5 Å². The van der Waals surface area contributed by atoms with Crippen molar-refractivity contribution in [2.45, 2.75) is 33.7 Å². The van der Waals surface area contributed by atoms with E-state index in [9.17, 15) is 4.79 Å². The van der Waals surface area contributed by atoms with Crippen molar-refractivity contribution in [3.8, 4) is 11.5 Å². The Kier molecular flexibility index (Phi) is 5.65. The van der Waals surface area contributed by atoms with Crippen molar-refractivity contribution in [3.05, 3.63) is 51.8 Å². The second-order valence-corrected chi connectivity index (χ2v) is 7.37. The fraction of sp³-hybridized carbons (Fsp3) is 0.333. The third kappa shape index (κ3) is 3.76. The van der Waals surface area contributed by atoms with Crippen LogP contribution >= 0.6 is 11.3 Å². The highest BCUT2D eigenvalue weighted by molar-refractivity contribution is 7.16. The zero-order valence-corrected chi connectivity index (χ0v) is 17.1. The molecule has 0 aliphatic carbocycles. The number of nitrogens with zero attached hydrogens (tertiary/aromatic N) is 2. The predicted molar refractivity (Wildman–Crippen MR) is 109 cm³/mol. The van der Waals surface area contributed by atoms with Crippen LogP contribution in [0.4, 0.5) is 0 Å². The molecule has 0 spiro atoms. The van der Waals surface area contributed by atoms with Crippen LogP contribution in [0, 0.1) is 13.8 Å². The Balaban J connectivity index is 2.10. The number of aromatic nitrogens is 1. The lowest BCUT2D eigenvalue weighted by molar-refractivity contribution is -0.117. The van der Waals surface area contributed by atoms with E-state index in [1.807, 2.05) is 49.6 Å². The van der Waals surface area contributed by atoms with Crippen LogP contribution in [-0.4, -0.2) is 24.7 Å². The lowest BCUT2D eigenvalue weighted by Gasteiger charge is -2.08. The van der Waals surface area contributed by atoms with Crippen LogP contribution in [0.1, 0.15) is 23.6 Å². The molecule has 0 aliphatic heterocycles. The van der Waals surface area contributed by atoms with Crippen LogP contribution in [0.25, 0.3) is 10.2 Å². The molecule has 3 rings (SSSR count). The molecule has 0 aliphatic rings. The number of carbonyl (C=O) groups excluding carboxylic acids is 1. The Morgan fingerprint density at radius 2 is 1.81 bits per heavy atom. The number of ether oxygens (including phenoxy) is 2. The summed E-state index contributed by atoms with van der Waals surface area (Å²) in [6, 6.07) is 9.89. The van der Waals surface area contributed by atoms with Gasteiger partial charge >= 0.3 is 0 Å². The number of hydrogen-bond acceptors (Lipinski definition) is 4. The van der Waals surface area contributed by atoms with Crippen molar-refractivity contribution < 1.29 is 14.3 Å². The molecule has 0 fully saturated rings. The first-order valence-corrected chi connectivity index (χ1v) is 9.68. The first kappa shape index (κ1) is 19.2. The van der Waals surface area contributed by atoms with Crippen LogP contribution in [-0.2, 0) is 17.8 Å². The van der Waals surface area contributed by atoms with E-state index in [0.717, 1.165) is 38.4 Å². The molecule has 0 unspecified atom stereocenters. The van der Waals surface area contributed by atoms with E-state index >= 15 is 0 Å². The van der Waals surface area contributed by atoms with Crippen molar-refractivity contribution in [2.75, 3.05) is 14.2 Å². The molecule has 27 heavy (non-hydrogen) atoms. The van der Waals surface area contributed by atoms with E-state index < -0.39 is 0 Å². The summed E-state index contributed by atoms with van der Waals surface area (Å²) in [6.45, 7) is 6.75. The molecule has 5 nitrogen and oxygen atoms in total. The molecule has 1 heterocycles. The van der Waals surface area contributed by atoms with Crippen molar-refractivity contribution in [2.24, 2.45) is 4.99 Å². The largest absolute Gasteiger partial charge is 0.495 e. The van der Waals surface area contributed by atoms with Gasteiger partial charge < -0.3 is 14.0 Å². The van der Waals surface area contributed by atoms with Crippen LogP contribution in [0.3, 0.4) is 0 Å². The summed E-state index contributed by atoms with van der Waals surface area (Å²) in [7, 11) is 3.28. The third-order valence-corrected chi connectivity index (χ3v) is 5.67. The smallest absolute Gasteiger partial charge is 0.252 e. The summed E-state index contributed by atoms with van der Waals surface area (Å²) < 4.78 is 13.9. The molecule has 0 saturated heterocycles. The molecule has 1 aromatic heterocycles. The third-order valence-electron chi connectivity index (χ3n) is 4.58. The molecule has 2 aromatic carbocycles. The second-order valence-electron chi connectivity index (χ2n) is 6.39. The van der Waals surface area contributed by atoms with E-state index in [0.29, 0.717) is 17.8 Å². The maximum atomic E-state index is 12.7. The standard InChI is InChI=1S/C21H24N2O3S/c1-6-23-19-16(25-4)9-10-17(26-5)20(19)27-21(23)22-18(24)12-15-11-13(2)7-8-14(15)3/h7-11H,6,12H2,1-5H3. The van der Waals surface area contributed by atoms with Gasteiger partial charge in [0.2, 0.25) is 0 Å². The summed E-state index contributed by atoms with van der Waals surface area (Å²) >= 11 is 1.45. The molecule has 3 aromatic rings. The summed E-state index contributed by atoms with van der Waals surface area (Å²) in [5.41, 5.74) is 4.17. The Morgan fingerprint density at radius 1 is 1.11 bits per heavy atom. The monoisotopic (exact) mass is 384 g/mol. The number of benzene rings is 2. The fourth-order valence-corrected chi connectivity index (χ4v) is 4.35. The van der Waals surface area contributed by atoms with E-state index in [1.165, 1.54) is 11.3 Å². The van der Waals surface area contributed by atoms with Crippen LogP contribution < -0.4 is 14.3 Å². The predicted octanol–water partition coefficient (Wildman–Crippen LogP) is 4.03. The number of methoxy groups -OCH3 is 2. The highest BCUT2D eigenvalue weighted by atomic mass is 32.1. The Bertz CT molecular complexity index is 1060. The van der Waals surface area contributed by atoms with E-state index in [4.69, 9.17) is 9.47 Å². The van der Waals surface area contributed by atoms with Gasteiger partial charge in [0.25, 0.3) is 5.91 Å². The lowest BCUT2D eigenvalue weighted by atomic mass is 10.0. The molecule has 1 amide bonds. The molecule has 0 bridgehead atoms. The zero-order valence-electron chi connectivity index (χ0n) is 16.3. The van der Waals surface area contributed by atoms with Crippen molar-refractivity contribution in [1.29, 1.82) is 0 Å². The quantitative estimate of drug-likeness (QED) is 0.667. The van der Waals surface area contributed by atoms with Gasteiger partial charge in [-0.25, -0.2) is 0 Å². The average Bonchev–Trinajstić information content (AvgIpc) is 3.01. The van der Waals surface area contributed by atoms with Crippen molar-refractivity contribution in [3.63, 3.8) is 0 Å². The SMILES string of the molecule is CCn1c(=NC(=O)Cc2cc(C)ccc2C)sc2c(OC)ccc(OC)c21. The van der Waals surface area contributed by atoms with Gasteiger partial charge in [-0.3, -0.25) is 4.79 Å². The lowest BCUT2D eigenvalue weighted by Crippen LogP contribution is -2.17. The Labute approximate surface area is 162 Å². The van der Waals surface area contributed by atoms with E-state index in [-0.39, 0.29) is 5.91 Å². The highest BCUT2D eigenvalue weighted by Gasteiger charge is 2.16. The molecule has 0 saturated carbocycles. The average molecular weight is 385 g/mol. The summed E-state index contributed by atoms with van der Waals surface area (Å²) in [4.78, 5) is 17.7. The molecule has 0 radical (unpaired) electrons. The minimum atomic E-state index is -0.157. The van der Waals surface area contributed by atoms with Crippen LogP contribution in [0.15, 0.2) is 35.3 Å². The maximum absolute atomic E-state index is 12.7. The van der Waals surface area contributed by atoms with E-state index in [2.05, 4.69) is 11.1 Å². The zero-order chi connectivity index (χ0) is 19.6. The van der Waals surface area contributed by atoms with Crippen LogP contribution in [0.5, 0.6) is 11.5 Å². The molecule has 0 N–H and O–H groups in total. The number of fused-ring (bicyclic) bond motifs is 1. The minimum absolute atomic E-state index is 0.157. The van der Waals surface area contributed by atoms with Gasteiger partial charge in [0.15, 0.2) is 4.80 Å². The van der Waals surface area contributed by atoms with Crippen molar-refractivity contribution in [1.82, 2.24) is 4.57 Å².